The van der Waals surface area contributed by atoms with Crippen LogP contribution >= 0.6 is 0 Å². The molecule has 3 atom stereocenters. The molecule has 0 aliphatic rings. The van der Waals surface area contributed by atoms with E-state index >= 15 is 0 Å². The summed E-state index contributed by atoms with van der Waals surface area (Å²) >= 11 is 0. The number of carbonyl (C=O) groups is 1. The molecule has 0 aliphatic heterocycles. The Bertz CT molecular complexity index is 511. The van der Waals surface area contributed by atoms with Gasteiger partial charge in [-0.2, -0.15) is 0 Å². The third-order valence-corrected chi connectivity index (χ3v) is 7.38. The SMILES string of the molecule is CCCCCCCCC/C=C/C(O)C(CO)NC(=O)C(O)CCCCCCCCCCCCCCCC. The number of hydrogen-bond acceptors (Lipinski definition) is 4. The van der Waals surface area contributed by atoms with E-state index in [0.717, 1.165) is 32.1 Å². The molecule has 0 radical (unpaired) electrons. The fraction of sp³-hybridized carbons (Fsp3) is 0.906. The van der Waals surface area contributed by atoms with Gasteiger partial charge in [0.15, 0.2) is 0 Å². The van der Waals surface area contributed by atoms with Crippen LogP contribution < -0.4 is 5.32 Å². The van der Waals surface area contributed by atoms with Gasteiger partial charge in [0.05, 0.1) is 18.8 Å². The van der Waals surface area contributed by atoms with E-state index in [1.807, 2.05) is 6.08 Å². The third-order valence-electron chi connectivity index (χ3n) is 7.38. The molecule has 1 amide bonds. The molecule has 0 aliphatic carbocycles. The molecule has 0 heterocycles. The highest BCUT2D eigenvalue weighted by Crippen LogP contribution is 2.14. The smallest absolute Gasteiger partial charge is 0.249 e. The number of nitrogens with one attached hydrogen (secondary N) is 1. The maximum absolute atomic E-state index is 12.3. The minimum absolute atomic E-state index is 0.361. The highest BCUT2D eigenvalue weighted by atomic mass is 16.3. The molecule has 0 aromatic carbocycles. The summed E-state index contributed by atoms with van der Waals surface area (Å²) in [7, 11) is 0. The molecule has 0 saturated heterocycles. The molecule has 0 aromatic rings. The minimum atomic E-state index is -1.09. The van der Waals surface area contributed by atoms with Crippen molar-refractivity contribution >= 4 is 5.91 Å². The van der Waals surface area contributed by atoms with E-state index in [0.29, 0.717) is 6.42 Å². The molecule has 0 saturated carbocycles. The van der Waals surface area contributed by atoms with Gasteiger partial charge in [0.2, 0.25) is 5.91 Å². The number of rotatable bonds is 28. The average molecular weight is 526 g/mol. The number of unbranched alkanes of at least 4 members (excludes halogenated alkanes) is 20. The summed E-state index contributed by atoms with van der Waals surface area (Å²) in [6.45, 7) is 4.12. The van der Waals surface area contributed by atoms with E-state index in [1.54, 1.807) is 6.08 Å². The zero-order valence-corrected chi connectivity index (χ0v) is 24.6. The molecule has 37 heavy (non-hydrogen) atoms. The lowest BCUT2D eigenvalue weighted by Crippen LogP contribution is -2.48. The lowest BCUT2D eigenvalue weighted by molar-refractivity contribution is -0.131. The molecular weight excluding hydrogens is 462 g/mol. The van der Waals surface area contributed by atoms with Crippen LogP contribution in [-0.2, 0) is 4.79 Å². The highest BCUT2D eigenvalue weighted by Gasteiger charge is 2.22. The Labute approximate surface area is 229 Å². The van der Waals surface area contributed by atoms with Gasteiger partial charge in [0, 0.05) is 0 Å². The maximum Gasteiger partial charge on any atom is 0.249 e. The molecule has 220 valence electrons. The monoisotopic (exact) mass is 525 g/mol. The van der Waals surface area contributed by atoms with Crippen molar-refractivity contribution in [3.63, 3.8) is 0 Å². The van der Waals surface area contributed by atoms with Crippen molar-refractivity contribution in [1.82, 2.24) is 5.32 Å². The third kappa shape index (κ3) is 23.9. The van der Waals surface area contributed by atoms with Crippen LogP contribution in [0.25, 0.3) is 0 Å². The predicted molar refractivity (Wildman–Crippen MR) is 158 cm³/mol. The van der Waals surface area contributed by atoms with Crippen molar-refractivity contribution in [2.75, 3.05) is 6.61 Å². The number of hydrogen-bond donors (Lipinski definition) is 4. The lowest BCUT2D eigenvalue weighted by Gasteiger charge is -2.21. The van der Waals surface area contributed by atoms with E-state index < -0.39 is 24.2 Å². The second-order valence-electron chi connectivity index (χ2n) is 11.0. The molecule has 0 rings (SSSR count). The summed E-state index contributed by atoms with van der Waals surface area (Å²) in [5.74, 6) is -0.506. The van der Waals surface area contributed by atoms with Gasteiger partial charge in [-0.05, 0) is 19.3 Å². The first kappa shape index (κ1) is 36.1. The first-order valence-corrected chi connectivity index (χ1v) is 16.0. The van der Waals surface area contributed by atoms with Gasteiger partial charge >= 0.3 is 0 Å². The van der Waals surface area contributed by atoms with Gasteiger partial charge in [-0.3, -0.25) is 4.79 Å². The summed E-state index contributed by atoms with van der Waals surface area (Å²) in [4.78, 5) is 12.3. The molecule has 0 spiro atoms. The topological polar surface area (TPSA) is 89.8 Å². The minimum Gasteiger partial charge on any atom is -0.394 e. The van der Waals surface area contributed by atoms with Crippen molar-refractivity contribution in [2.45, 2.75) is 180 Å². The fourth-order valence-corrected chi connectivity index (χ4v) is 4.77. The Kier molecular flexibility index (Phi) is 27.4. The number of allylic oxidation sites excluding steroid dienone is 1. The molecule has 3 unspecified atom stereocenters. The zero-order valence-electron chi connectivity index (χ0n) is 24.6. The van der Waals surface area contributed by atoms with Gasteiger partial charge < -0.3 is 20.6 Å². The highest BCUT2D eigenvalue weighted by molar-refractivity contribution is 5.80. The quantitative estimate of drug-likeness (QED) is 0.0621. The number of aliphatic hydroxyl groups is 3. The van der Waals surface area contributed by atoms with E-state index in [2.05, 4.69) is 19.2 Å². The van der Waals surface area contributed by atoms with Crippen LogP contribution in [0.2, 0.25) is 0 Å². The molecular formula is C32H63NO4. The summed E-state index contributed by atoms with van der Waals surface area (Å²) in [5, 5.41) is 32.7. The van der Waals surface area contributed by atoms with E-state index in [9.17, 15) is 20.1 Å². The number of aliphatic hydroxyl groups excluding tert-OH is 3. The molecule has 5 nitrogen and oxygen atoms in total. The maximum atomic E-state index is 12.3. The van der Waals surface area contributed by atoms with Crippen LogP contribution in [0.1, 0.15) is 162 Å². The standard InChI is InChI=1S/C32H63NO4/c1-3-5-7-9-11-13-14-15-16-17-19-21-23-25-27-31(36)32(37)33-29(28-34)30(35)26-24-22-20-18-12-10-8-6-4-2/h24,26,29-31,34-36H,3-23,25,27-28H2,1-2H3,(H,33,37)/b26-24+. The largest absolute Gasteiger partial charge is 0.394 e. The average Bonchev–Trinajstić information content (AvgIpc) is 2.90. The molecule has 5 heteroatoms. The first-order chi connectivity index (χ1) is 18.1. The van der Waals surface area contributed by atoms with Gasteiger partial charge in [-0.25, -0.2) is 0 Å². The Morgan fingerprint density at radius 1 is 0.649 bits per heavy atom. The summed E-state index contributed by atoms with van der Waals surface area (Å²) < 4.78 is 0. The van der Waals surface area contributed by atoms with Crippen molar-refractivity contribution < 1.29 is 20.1 Å². The van der Waals surface area contributed by atoms with E-state index in [4.69, 9.17) is 0 Å². The Hall–Kier alpha value is -0.910. The summed E-state index contributed by atoms with van der Waals surface area (Å²) in [6, 6.07) is -0.788. The zero-order chi connectivity index (χ0) is 27.4. The van der Waals surface area contributed by atoms with Crippen LogP contribution in [0.4, 0.5) is 0 Å². The Morgan fingerprint density at radius 3 is 1.49 bits per heavy atom. The van der Waals surface area contributed by atoms with E-state index in [1.165, 1.54) is 109 Å². The molecule has 0 aromatic heterocycles. The first-order valence-electron chi connectivity index (χ1n) is 16.0. The second-order valence-corrected chi connectivity index (χ2v) is 11.0. The second kappa shape index (κ2) is 28.1. The normalized spacial score (nSPS) is 14.2. The van der Waals surface area contributed by atoms with Gasteiger partial charge in [0.1, 0.15) is 6.10 Å². The Balaban J connectivity index is 3.77. The van der Waals surface area contributed by atoms with Crippen LogP contribution in [-0.4, -0.2) is 46.1 Å². The molecule has 0 bridgehead atoms. The van der Waals surface area contributed by atoms with Gasteiger partial charge in [0.25, 0.3) is 0 Å². The van der Waals surface area contributed by atoms with Gasteiger partial charge in [-0.1, -0.05) is 154 Å². The number of carbonyl (C=O) groups excluding carboxylic acids is 1. The van der Waals surface area contributed by atoms with Gasteiger partial charge in [-0.15, -0.1) is 0 Å². The predicted octanol–water partition coefficient (Wildman–Crippen LogP) is 7.75. The van der Waals surface area contributed by atoms with Crippen LogP contribution in [0.5, 0.6) is 0 Å². The van der Waals surface area contributed by atoms with Crippen molar-refractivity contribution in [3.8, 4) is 0 Å². The lowest BCUT2D eigenvalue weighted by atomic mass is 10.0. The Morgan fingerprint density at radius 2 is 1.05 bits per heavy atom. The molecule has 0 fully saturated rings. The van der Waals surface area contributed by atoms with Crippen molar-refractivity contribution in [2.24, 2.45) is 0 Å². The molecule has 4 N–H and O–H groups in total. The van der Waals surface area contributed by atoms with E-state index in [-0.39, 0.29) is 6.61 Å². The fourth-order valence-electron chi connectivity index (χ4n) is 4.77. The summed E-state index contributed by atoms with van der Waals surface area (Å²) in [5.41, 5.74) is 0. The number of amides is 1. The van der Waals surface area contributed by atoms with Crippen LogP contribution in [0, 0.1) is 0 Å². The van der Waals surface area contributed by atoms with Crippen LogP contribution in [0.15, 0.2) is 12.2 Å². The summed E-state index contributed by atoms with van der Waals surface area (Å²) in [6.07, 6.45) is 29.3. The van der Waals surface area contributed by atoms with Crippen molar-refractivity contribution in [3.05, 3.63) is 12.2 Å². The van der Waals surface area contributed by atoms with Crippen molar-refractivity contribution in [1.29, 1.82) is 0 Å². The van der Waals surface area contributed by atoms with Crippen LogP contribution in [0.3, 0.4) is 0 Å².